The van der Waals surface area contributed by atoms with Gasteiger partial charge in [-0.05, 0) is 57.0 Å². The third-order valence-corrected chi connectivity index (χ3v) is 4.07. The van der Waals surface area contributed by atoms with E-state index in [2.05, 4.69) is 4.90 Å². The van der Waals surface area contributed by atoms with Crippen LogP contribution in [0.5, 0.6) is 11.5 Å². The Kier molecular flexibility index (Phi) is 7.20. The van der Waals surface area contributed by atoms with Crippen molar-refractivity contribution in [2.75, 3.05) is 40.0 Å². The van der Waals surface area contributed by atoms with Crippen LogP contribution < -0.4 is 9.47 Å². The lowest BCUT2D eigenvalue weighted by Crippen LogP contribution is -2.40. The van der Waals surface area contributed by atoms with Crippen molar-refractivity contribution < 1.29 is 19.0 Å². The van der Waals surface area contributed by atoms with Crippen molar-refractivity contribution in [3.05, 3.63) is 24.3 Å². The zero-order chi connectivity index (χ0) is 16.5. The van der Waals surface area contributed by atoms with Crippen molar-refractivity contribution in [1.29, 1.82) is 0 Å². The number of likely N-dealkylation sites (tertiary alicyclic amines) is 1. The topological polar surface area (TPSA) is 48.0 Å². The number of methoxy groups -OCH3 is 1. The summed E-state index contributed by atoms with van der Waals surface area (Å²) in [7, 11) is 1.65. The molecular weight excluding hydrogens is 294 g/mol. The molecule has 128 valence electrons. The van der Waals surface area contributed by atoms with Crippen molar-refractivity contribution >= 4 is 5.97 Å². The number of esters is 1. The molecule has 1 aromatic rings. The van der Waals surface area contributed by atoms with Gasteiger partial charge in [0.1, 0.15) is 11.5 Å². The standard InChI is InChI=1S/C18H27NO4/c1-3-22-18(20)15-6-4-11-19(14-15)12-5-13-23-17-9-7-16(21-2)8-10-17/h7-10,15H,3-6,11-14H2,1-2H3. The summed E-state index contributed by atoms with van der Waals surface area (Å²) in [6.07, 6.45) is 2.95. The summed E-state index contributed by atoms with van der Waals surface area (Å²) in [5.74, 6) is 1.67. The second kappa shape index (κ2) is 9.40. The summed E-state index contributed by atoms with van der Waals surface area (Å²) in [5.41, 5.74) is 0. The first-order chi connectivity index (χ1) is 11.2. The van der Waals surface area contributed by atoms with Crippen LogP contribution in [0.3, 0.4) is 0 Å². The minimum atomic E-state index is -0.0494. The Morgan fingerprint density at radius 2 is 2.00 bits per heavy atom. The van der Waals surface area contributed by atoms with Gasteiger partial charge in [-0.2, -0.15) is 0 Å². The summed E-state index contributed by atoms with van der Waals surface area (Å²) in [4.78, 5) is 14.2. The van der Waals surface area contributed by atoms with E-state index in [0.717, 1.165) is 50.4 Å². The van der Waals surface area contributed by atoms with Gasteiger partial charge in [-0.15, -0.1) is 0 Å². The maximum absolute atomic E-state index is 11.8. The molecule has 5 heteroatoms. The molecule has 1 unspecified atom stereocenters. The van der Waals surface area contributed by atoms with Gasteiger partial charge in [0, 0.05) is 13.1 Å². The zero-order valence-electron chi connectivity index (χ0n) is 14.1. The lowest BCUT2D eigenvalue weighted by atomic mass is 9.98. The molecule has 0 radical (unpaired) electrons. The fourth-order valence-corrected chi connectivity index (χ4v) is 2.86. The van der Waals surface area contributed by atoms with Gasteiger partial charge in [0.05, 0.1) is 26.2 Å². The highest BCUT2D eigenvalue weighted by Gasteiger charge is 2.26. The predicted molar refractivity (Wildman–Crippen MR) is 88.9 cm³/mol. The van der Waals surface area contributed by atoms with Crippen molar-refractivity contribution in [2.24, 2.45) is 5.92 Å². The number of carbonyl (C=O) groups excluding carboxylic acids is 1. The lowest BCUT2D eigenvalue weighted by Gasteiger charge is -2.31. The molecule has 2 rings (SSSR count). The fourth-order valence-electron chi connectivity index (χ4n) is 2.86. The van der Waals surface area contributed by atoms with Gasteiger partial charge in [0.25, 0.3) is 0 Å². The number of benzene rings is 1. The van der Waals surface area contributed by atoms with Gasteiger partial charge in [-0.25, -0.2) is 0 Å². The molecular formula is C18H27NO4. The van der Waals surface area contributed by atoms with E-state index in [1.54, 1.807) is 7.11 Å². The highest BCUT2D eigenvalue weighted by molar-refractivity contribution is 5.72. The van der Waals surface area contributed by atoms with Crippen molar-refractivity contribution in [2.45, 2.75) is 26.2 Å². The molecule has 1 atom stereocenters. The van der Waals surface area contributed by atoms with Gasteiger partial charge in [0.2, 0.25) is 0 Å². The highest BCUT2D eigenvalue weighted by atomic mass is 16.5. The quantitative estimate of drug-likeness (QED) is 0.544. The van der Waals surface area contributed by atoms with E-state index >= 15 is 0 Å². The maximum Gasteiger partial charge on any atom is 0.310 e. The fraction of sp³-hybridized carbons (Fsp3) is 0.611. The molecule has 0 spiro atoms. The summed E-state index contributed by atoms with van der Waals surface area (Å²) in [5, 5.41) is 0. The number of hydrogen-bond donors (Lipinski definition) is 0. The van der Waals surface area contributed by atoms with Crippen LogP contribution in [0.25, 0.3) is 0 Å². The molecule has 0 bridgehead atoms. The normalized spacial score (nSPS) is 18.4. The Balaban J connectivity index is 1.66. The Bertz CT molecular complexity index is 474. The monoisotopic (exact) mass is 321 g/mol. The molecule has 0 N–H and O–H groups in total. The Hall–Kier alpha value is -1.75. The molecule has 0 aliphatic carbocycles. The number of ether oxygens (including phenoxy) is 3. The molecule has 5 nitrogen and oxygen atoms in total. The molecule has 0 amide bonds. The van der Waals surface area contributed by atoms with Crippen LogP contribution in [-0.4, -0.2) is 50.8 Å². The molecule has 23 heavy (non-hydrogen) atoms. The summed E-state index contributed by atoms with van der Waals surface area (Å²) in [6.45, 7) is 5.80. The first kappa shape index (κ1) is 17.6. The zero-order valence-corrected chi connectivity index (χ0v) is 14.1. The first-order valence-corrected chi connectivity index (χ1v) is 8.38. The van der Waals surface area contributed by atoms with Crippen LogP contribution >= 0.6 is 0 Å². The van der Waals surface area contributed by atoms with Crippen molar-refractivity contribution in [3.63, 3.8) is 0 Å². The molecule has 1 aliphatic heterocycles. The lowest BCUT2D eigenvalue weighted by molar-refractivity contribution is -0.149. The molecule has 1 aliphatic rings. The van der Waals surface area contributed by atoms with Gasteiger partial charge < -0.3 is 19.1 Å². The maximum atomic E-state index is 11.8. The number of rotatable bonds is 8. The molecule has 1 heterocycles. The minimum Gasteiger partial charge on any atom is -0.497 e. The average molecular weight is 321 g/mol. The Morgan fingerprint density at radius 1 is 1.26 bits per heavy atom. The van der Waals surface area contributed by atoms with Gasteiger partial charge in [-0.3, -0.25) is 4.79 Å². The SMILES string of the molecule is CCOC(=O)C1CCCN(CCCOc2ccc(OC)cc2)C1. The number of piperidine rings is 1. The van der Waals surface area contributed by atoms with E-state index in [-0.39, 0.29) is 11.9 Å². The largest absolute Gasteiger partial charge is 0.497 e. The molecule has 0 aromatic heterocycles. The van der Waals surface area contributed by atoms with Crippen molar-refractivity contribution in [1.82, 2.24) is 4.90 Å². The van der Waals surface area contributed by atoms with E-state index in [1.807, 2.05) is 31.2 Å². The third-order valence-electron chi connectivity index (χ3n) is 4.07. The summed E-state index contributed by atoms with van der Waals surface area (Å²) >= 11 is 0. The van der Waals surface area contributed by atoms with Gasteiger partial charge >= 0.3 is 5.97 Å². The van der Waals surface area contributed by atoms with Crippen LogP contribution in [0, 0.1) is 5.92 Å². The Morgan fingerprint density at radius 3 is 2.70 bits per heavy atom. The number of nitrogens with zero attached hydrogens (tertiary/aromatic N) is 1. The smallest absolute Gasteiger partial charge is 0.310 e. The second-order valence-corrected chi connectivity index (χ2v) is 5.77. The van der Waals surface area contributed by atoms with E-state index in [9.17, 15) is 4.79 Å². The summed E-state index contributed by atoms with van der Waals surface area (Å²) < 4.78 is 16.0. The van der Waals surface area contributed by atoms with Gasteiger partial charge in [-0.1, -0.05) is 0 Å². The van der Waals surface area contributed by atoms with Crippen LogP contribution in [0.15, 0.2) is 24.3 Å². The predicted octanol–water partition coefficient (Wildman–Crippen LogP) is 2.74. The number of carbonyl (C=O) groups is 1. The van der Waals surface area contributed by atoms with E-state index < -0.39 is 0 Å². The van der Waals surface area contributed by atoms with E-state index in [4.69, 9.17) is 14.2 Å². The summed E-state index contributed by atoms with van der Waals surface area (Å²) in [6, 6.07) is 7.61. The van der Waals surface area contributed by atoms with Crippen LogP contribution in [0.4, 0.5) is 0 Å². The van der Waals surface area contributed by atoms with E-state index in [0.29, 0.717) is 13.2 Å². The molecule has 1 aromatic carbocycles. The van der Waals surface area contributed by atoms with Crippen molar-refractivity contribution in [3.8, 4) is 11.5 Å². The van der Waals surface area contributed by atoms with Crippen LogP contribution in [0.2, 0.25) is 0 Å². The van der Waals surface area contributed by atoms with E-state index in [1.165, 1.54) is 0 Å². The average Bonchev–Trinajstić information content (AvgIpc) is 2.60. The third kappa shape index (κ3) is 5.75. The van der Waals surface area contributed by atoms with Crippen LogP contribution in [-0.2, 0) is 9.53 Å². The first-order valence-electron chi connectivity index (χ1n) is 8.38. The second-order valence-electron chi connectivity index (χ2n) is 5.77. The van der Waals surface area contributed by atoms with Crippen LogP contribution in [0.1, 0.15) is 26.2 Å². The molecule has 1 fully saturated rings. The minimum absolute atomic E-state index is 0.0335. The highest BCUT2D eigenvalue weighted by Crippen LogP contribution is 2.19. The number of hydrogen-bond acceptors (Lipinski definition) is 5. The Labute approximate surface area is 138 Å². The van der Waals surface area contributed by atoms with Gasteiger partial charge in [0.15, 0.2) is 0 Å². The molecule has 0 saturated carbocycles. The molecule has 1 saturated heterocycles.